The molecule has 2 fully saturated rings. The molecule has 0 spiro atoms. The van der Waals surface area contributed by atoms with Crippen LogP contribution in [0, 0.1) is 12.3 Å². The largest absolute Gasteiger partial charge is 0.481 e. The van der Waals surface area contributed by atoms with Crippen molar-refractivity contribution in [3.05, 3.63) is 42.7 Å². The SMILES string of the molecule is C#CCCCO[C@H]1[C@@H](O)[C@H]([n+]2cccc(C(N)=O)c2)O[C@@H]1COP(=O)(O)OP(=O)(O)OC[C@H]1O[C@@H](n2cnc3c(N)ncnc32)[C@H](O)[C@@H]1O. The Kier molecular flexibility index (Phi) is 11.4. The first kappa shape index (κ1) is 36.8. The lowest BCUT2D eigenvalue weighted by Gasteiger charge is -2.22. The molecule has 49 heavy (non-hydrogen) atoms. The van der Waals surface area contributed by atoms with E-state index in [-0.39, 0.29) is 29.2 Å². The second-order valence-electron chi connectivity index (χ2n) is 10.8. The van der Waals surface area contributed by atoms with Crippen LogP contribution in [0.15, 0.2) is 37.2 Å². The molecule has 0 saturated carbocycles. The molecule has 1 amide bonds. The van der Waals surface area contributed by atoms with Gasteiger partial charge in [-0.25, -0.2) is 24.1 Å². The number of aliphatic hydroxyl groups is 3. The second-order valence-corrected chi connectivity index (χ2v) is 13.9. The number of nitrogens with two attached hydrogens (primary N) is 2. The van der Waals surface area contributed by atoms with Crippen LogP contribution in [0.4, 0.5) is 5.82 Å². The summed E-state index contributed by atoms with van der Waals surface area (Å²) in [6, 6.07) is 2.93. The molecule has 0 bridgehead atoms. The van der Waals surface area contributed by atoms with Gasteiger partial charge in [0.25, 0.3) is 12.1 Å². The quantitative estimate of drug-likeness (QED) is 0.0402. The van der Waals surface area contributed by atoms with Crippen molar-refractivity contribution in [3.8, 4) is 12.3 Å². The zero-order valence-electron chi connectivity index (χ0n) is 25.4. The number of primary amides is 1. The molecule has 21 nitrogen and oxygen atoms in total. The fourth-order valence-corrected chi connectivity index (χ4v) is 7.25. The van der Waals surface area contributed by atoms with Crippen molar-refractivity contribution in [2.45, 2.75) is 61.9 Å². The maximum Gasteiger partial charge on any atom is 0.481 e. The number of terminal acetylenes is 1. The molecule has 2 aliphatic rings. The summed E-state index contributed by atoms with van der Waals surface area (Å²) < 4.78 is 59.2. The van der Waals surface area contributed by atoms with E-state index < -0.39 is 83.8 Å². The van der Waals surface area contributed by atoms with Crippen molar-refractivity contribution < 1.29 is 71.2 Å². The van der Waals surface area contributed by atoms with Crippen molar-refractivity contribution in [1.82, 2.24) is 19.5 Å². The summed E-state index contributed by atoms with van der Waals surface area (Å²) in [4.78, 5) is 44.0. The first-order valence-electron chi connectivity index (χ1n) is 14.5. The maximum absolute atomic E-state index is 12.7. The molecule has 2 unspecified atom stereocenters. The van der Waals surface area contributed by atoms with Gasteiger partial charge in [0.05, 0.1) is 19.5 Å². The first-order chi connectivity index (χ1) is 23.2. The molecule has 2 saturated heterocycles. The van der Waals surface area contributed by atoms with Gasteiger partial charge >= 0.3 is 15.6 Å². The number of phosphoric acid groups is 2. The Balaban J connectivity index is 1.20. The van der Waals surface area contributed by atoms with E-state index in [2.05, 4.69) is 25.2 Å². The lowest BCUT2D eigenvalue weighted by molar-refractivity contribution is -0.765. The van der Waals surface area contributed by atoms with Crippen LogP contribution >= 0.6 is 15.6 Å². The van der Waals surface area contributed by atoms with Crippen LogP contribution in [0.25, 0.3) is 11.2 Å². The topological polar surface area (TPSA) is 307 Å². The number of amides is 1. The van der Waals surface area contributed by atoms with Gasteiger partial charge in [-0.2, -0.15) is 8.88 Å². The Hall–Kier alpha value is -3.45. The van der Waals surface area contributed by atoms with Gasteiger partial charge < -0.3 is 50.8 Å². The molecule has 9 N–H and O–H groups in total. The summed E-state index contributed by atoms with van der Waals surface area (Å²) in [5, 5.41) is 32.1. The number of nitrogens with zero attached hydrogens (tertiary/aromatic N) is 5. The van der Waals surface area contributed by atoms with Gasteiger partial charge in [0.2, 0.25) is 0 Å². The number of rotatable bonds is 15. The Morgan fingerprint density at radius 1 is 1.06 bits per heavy atom. The predicted octanol–water partition coefficient (Wildman–Crippen LogP) is -1.58. The highest BCUT2D eigenvalue weighted by Gasteiger charge is 2.51. The normalized spacial score (nSPS) is 29.4. The number of pyridine rings is 1. The number of nitrogen functional groups attached to an aromatic ring is 1. The third-order valence-corrected chi connectivity index (χ3v) is 10.1. The highest BCUT2D eigenvalue weighted by atomic mass is 31.3. The number of carbonyl (C=O) groups excluding carboxylic acids is 1. The van der Waals surface area contributed by atoms with E-state index in [0.717, 1.165) is 6.33 Å². The van der Waals surface area contributed by atoms with Crippen LogP contribution in [0.5, 0.6) is 0 Å². The van der Waals surface area contributed by atoms with Gasteiger partial charge in [0, 0.05) is 19.1 Å². The number of unbranched alkanes of at least 4 members (excludes halogenated alkanes) is 1. The Bertz CT molecular complexity index is 1790. The molecule has 10 atom stereocenters. The summed E-state index contributed by atoms with van der Waals surface area (Å²) >= 11 is 0. The molecule has 5 heterocycles. The van der Waals surface area contributed by atoms with Crippen molar-refractivity contribution >= 4 is 38.5 Å². The van der Waals surface area contributed by atoms with Crippen molar-refractivity contribution in [2.24, 2.45) is 5.73 Å². The lowest BCUT2D eigenvalue weighted by Crippen LogP contribution is -2.47. The molecule has 2 aliphatic heterocycles. The molecule has 5 rings (SSSR count). The number of anilines is 1. The monoisotopic (exact) mass is 730 g/mol. The van der Waals surface area contributed by atoms with E-state index in [0.29, 0.717) is 12.8 Å². The molecule has 0 aliphatic carbocycles. The van der Waals surface area contributed by atoms with Gasteiger partial charge in [0.1, 0.15) is 47.9 Å². The van der Waals surface area contributed by atoms with E-state index in [1.54, 1.807) is 0 Å². The Morgan fingerprint density at radius 3 is 2.47 bits per heavy atom. The van der Waals surface area contributed by atoms with E-state index >= 15 is 0 Å². The molecular weight excluding hydrogens is 696 g/mol. The van der Waals surface area contributed by atoms with Crippen molar-refractivity contribution in [2.75, 3.05) is 25.6 Å². The van der Waals surface area contributed by atoms with Crippen LogP contribution in [-0.2, 0) is 36.7 Å². The molecule has 3 aromatic rings. The van der Waals surface area contributed by atoms with Crippen LogP contribution in [-0.4, -0.2) is 107 Å². The van der Waals surface area contributed by atoms with E-state index in [1.807, 2.05) is 0 Å². The van der Waals surface area contributed by atoms with Gasteiger partial charge in [0.15, 0.2) is 36.2 Å². The maximum atomic E-state index is 12.7. The Morgan fingerprint density at radius 2 is 1.78 bits per heavy atom. The van der Waals surface area contributed by atoms with Gasteiger partial charge in [-0.3, -0.25) is 18.4 Å². The summed E-state index contributed by atoms with van der Waals surface area (Å²) in [6.07, 6.45) is 0.337. The summed E-state index contributed by atoms with van der Waals surface area (Å²) in [6.45, 7) is -1.61. The summed E-state index contributed by atoms with van der Waals surface area (Å²) in [5.74, 6) is 1.76. The number of fused-ring (bicyclic) bond motifs is 1. The van der Waals surface area contributed by atoms with Gasteiger partial charge in [-0.1, -0.05) is 0 Å². The number of aromatic nitrogens is 5. The highest BCUT2D eigenvalue weighted by Crippen LogP contribution is 2.60. The number of hydrogen-bond donors (Lipinski definition) is 7. The van der Waals surface area contributed by atoms with Crippen LogP contribution in [0.1, 0.15) is 35.7 Å². The number of hydrogen-bond acceptors (Lipinski definition) is 16. The molecule has 0 aromatic carbocycles. The fraction of sp³-hybridized carbons (Fsp3) is 0.500. The minimum Gasteiger partial charge on any atom is -0.387 e. The number of phosphoric ester groups is 2. The van der Waals surface area contributed by atoms with E-state index in [1.165, 1.54) is 40.0 Å². The van der Waals surface area contributed by atoms with Crippen molar-refractivity contribution in [1.29, 1.82) is 0 Å². The minimum absolute atomic E-state index is 0.0539. The van der Waals surface area contributed by atoms with Crippen LogP contribution < -0.4 is 16.0 Å². The Labute approximate surface area is 277 Å². The average Bonchev–Trinajstić information content (AvgIpc) is 3.71. The lowest BCUT2D eigenvalue weighted by atomic mass is 10.1. The second kappa shape index (κ2) is 15.2. The summed E-state index contributed by atoms with van der Waals surface area (Å²) in [5.41, 5.74) is 11.6. The highest BCUT2D eigenvalue weighted by molar-refractivity contribution is 7.61. The third kappa shape index (κ3) is 8.48. The standard InChI is InChI=1S/C26H33N7O14P2/c1-2-3-4-8-42-21-16(46-25(20(21)36)32-7-5-6-14(9-32)23(28)37)11-44-49(40,41)47-48(38,39)43-10-15-18(34)19(35)26(45-15)33-13-31-17-22(27)29-12-30-24(17)33/h1,5-7,9,12-13,15-16,18-21,25-26,34-36H,3-4,8,10-11H2,(H5-,27,28,29,30,37,38,39,40,41)/p+1/t15-,16-,18-,19-,20-,21-,25-,26-/m1/s1. The van der Waals surface area contributed by atoms with Gasteiger partial charge in [-0.15, -0.1) is 12.3 Å². The van der Waals surface area contributed by atoms with Crippen LogP contribution in [0.3, 0.4) is 0 Å². The molecule has 23 heteroatoms. The molecule has 0 radical (unpaired) electrons. The predicted molar refractivity (Wildman–Crippen MR) is 161 cm³/mol. The third-order valence-electron chi connectivity index (χ3n) is 7.49. The smallest absolute Gasteiger partial charge is 0.387 e. The number of ether oxygens (including phenoxy) is 3. The molecule has 266 valence electrons. The van der Waals surface area contributed by atoms with Crippen molar-refractivity contribution in [3.63, 3.8) is 0 Å². The zero-order valence-corrected chi connectivity index (χ0v) is 27.2. The zero-order chi connectivity index (χ0) is 35.5. The minimum atomic E-state index is -5.38. The fourth-order valence-electron chi connectivity index (χ4n) is 5.16. The van der Waals surface area contributed by atoms with Gasteiger partial charge in [-0.05, 0) is 12.5 Å². The molecular formula is C26H34N7O14P2+. The first-order valence-corrected chi connectivity index (χ1v) is 17.5. The number of imidazole rings is 1. The average molecular weight is 731 g/mol. The molecule has 3 aromatic heterocycles. The van der Waals surface area contributed by atoms with E-state index in [4.69, 9.17) is 41.1 Å². The van der Waals surface area contributed by atoms with E-state index in [9.17, 15) is 39.0 Å². The number of aliphatic hydroxyl groups excluding tert-OH is 3. The summed E-state index contributed by atoms with van der Waals surface area (Å²) in [7, 11) is -10.8. The number of carbonyl (C=O) groups is 1. The van der Waals surface area contributed by atoms with Crippen LogP contribution in [0.2, 0.25) is 0 Å².